The average Bonchev–Trinajstić information content (AvgIpc) is 2.74. The zero-order valence-electron chi connectivity index (χ0n) is 8.14. The highest BCUT2D eigenvalue weighted by Crippen LogP contribution is 2.25. The summed E-state index contributed by atoms with van der Waals surface area (Å²) >= 11 is 0. The molecule has 0 aromatic heterocycles. The molecule has 3 nitrogen and oxygen atoms in total. The predicted molar refractivity (Wildman–Crippen MR) is 60.1 cm³/mol. The zero-order chi connectivity index (χ0) is 10.1. The van der Waals surface area contributed by atoms with Gasteiger partial charge in [0, 0.05) is 12.4 Å². The number of hydrogen-bond donors (Lipinski definition) is 2. The highest BCUT2D eigenvalue weighted by Gasteiger charge is 2.20. The molecule has 15 heavy (non-hydrogen) atoms. The van der Waals surface area contributed by atoms with E-state index in [9.17, 15) is 0 Å². The molecule has 0 fully saturated rings. The minimum absolute atomic E-state index is 0.135. The highest BCUT2D eigenvalue weighted by atomic mass is 15.1. The van der Waals surface area contributed by atoms with E-state index in [4.69, 9.17) is 0 Å². The topological polar surface area (TPSA) is 36.4 Å². The number of benzene rings is 1. The van der Waals surface area contributed by atoms with E-state index in [0.29, 0.717) is 0 Å². The monoisotopic (exact) mass is 197 g/mol. The molecule has 2 aliphatic rings. The van der Waals surface area contributed by atoms with Crippen LogP contribution < -0.4 is 10.6 Å². The van der Waals surface area contributed by atoms with Crippen LogP contribution in [0.2, 0.25) is 0 Å². The molecular weight excluding hydrogens is 186 g/mol. The van der Waals surface area contributed by atoms with Gasteiger partial charge in [-0.15, -0.1) is 0 Å². The second kappa shape index (κ2) is 3.28. The van der Waals surface area contributed by atoms with Crippen molar-refractivity contribution in [1.29, 1.82) is 0 Å². The zero-order valence-corrected chi connectivity index (χ0v) is 8.14. The Morgan fingerprint density at radius 2 is 1.80 bits per heavy atom. The van der Waals surface area contributed by atoms with Gasteiger partial charge < -0.3 is 10.6 Å². The van der Waals surface area contributed by atoms with Gasteiger partial charge in [0.05, 0.1) is 11.7 Å². The van der Waals surface area contributed by atoms with Gasteiger partial charge in [0.25, 0.3) is 0 Å². The van der Waals surface area contributed by atoms with Crippen LogP contribution in [0, 0.1) is 0 Å². The third-order valence-electron chi connectivity index (χ3n) is 2.53. The van der Waals surface area contributed by atoms with Crippen LogP contribution in [0.3, 0.4) is 0 Å². The average molecular weight is 197 g/mol. The standard InChI is InChI=1S/C12H11N3/c1-2-4-9(5-3-1)10-8-11-12(15-10)14-7-6-13-11/h1-8,10,13H,(H,14,15)/t10-/m0/s1. The van der Waals surface area contributed by atoms with E-state index >= 15 is 0 Å². The summed E-state index contributed by atoms with van der Waals surface area (Å²) in [6.45, 7) is 0. The van der Waals surface area contributed by atoms with Crippen LogP contribution in [0.4, 0.5) is 0 Å². The Balaban J connectivity index is 1.94. The predicted octanol–water partition coefficient (Wildman–Crippen LogP) is 1.69. The maximum Gasteiger partial charge on any atom is 0.149 e. The SMILES string of the molecule is C1=CNC2=N[C@H](c3ccccc3)C=C2N1. The number of fused-ring (bicyclic) bond motifs is 1. The van der Waals surface area contributed by atoms with E-state index in [2.05, 4.69) is 33.8 Å². The van der Waals surface area contributed by atoms with Crippen LogP contribution in [0.15, 0.2) is 59.5 Å². The lowest BCUT2D eigenvalue weighted by Crippen LogP contribution is -2.29. The second-order valence-corrected chi connectivity index (χ2v) is 3.54. The van der Waals surface area contributed by atoms with Crippen molar-refractivity contribution in [3.05, 3.63) is 60.1 Å². The summed E-state index contributed by atoms with van der Waals surface area (Å²) in [6.07, 6.45) is 5.85. The van der Waals surface area contributed by atoms with E-state index in [1.54, 1.807) is 0 Å². The molecule has 0 amide bonds. The molecule has 0 radical (unpaired) electrons. The van der Waals surface area contributed by atoms with E-state index < -0.39 is 0 Å². The Morgan fingerprint density at radius 1 is 1.00 bits per heavy atom. The maximum absolute atomic E-state index is 4.58. The minimum atomic E-state index is 0.135. The fourth-order valence-corrected chi connectivity index (χ4v) is 1.79. The minimum Gasteiger partial charge on any atom is -0.358 e. The van der Waals surface area contributed by atoms with Gasteiger partial charge in [0.2, 0.25) is 0 Å². The van der Waals surface area contributed by atoms with E-state index in [1.165, 1.54) is 5.56 Å². The number of nitrogens with one attached hydrogen (secondary N) is 2. The first kappa shape index (κ1) is 8.29. The van der Waals surface area contributed by atoms with Gasteiger partial charge in [-0.25, -0.2) is 0 Å². The summed E-state index contributed by atoms with van der Waals surface area (Å²) in [4.78, 5) is 4.58. The smallest absolute Gasteiger partial charge is 0.149 e. The molecule has 1 aromatic rings. The Morgan fingerprint density at radius 3 is 2.60 bits per heavy atom. The number of amidine groups is 1. The second-order valence-electron chi connectivity index (χ2n) is 3.54. The summed E-state index contributed by atoms with van der Waals surface area (Å²) in [7, 11) is 0. The molecule has 0 saturated carbocycles. The van der Waals surface area contributed by atoms with Gasteiger partial charge in [0.15, 0.2) is 0 Å². The molecular formula is C12H11N3. The quantitative estimate of drug-likeness (QED) is 0.718. The number of rotatable bonds is 1. The molecule has 3 rings (SSSR count). The highest BCUT2D eigenvalue weighted by molar-refractivity contribution is 6.01. The molecule has 74 valence electrons. The molecule has 0 saturated heterocycles. The van der Waals surface area contributed by atoms with Crippen molar-refractivity contribution >= 4 is 5.84 Å². The number of nitrogens with zero attached hydrogens (tertiary/aromatic N) is 1. The van der Waals surface area contributed by atoms with Crippen LogP contribution in [-0.4, -0.2) is 5.84 Å². The first-order chi connectivity index (χ1) is 7.43. The van der Waals surface area contributed by atoms with Crippen molar-refractivity contribution < 1.29 is 0 Å². The molecule has 0 unspecified atom stereocenters. The summed E-state index contributed by atoms with van der Waals surface area (Å²) in [5.41, 5.74) is 2.28. The van der Waals surface area contributed by atoms with E-state index in [1.807, 2.05) is 30.6 Å². The van der Waals surface area contributed by atoms with Gasteiger partial charge in [-0.1, -0.05) is 30.3 Å². The van der Waals surface area contributed by atoms with Crippen molar-refractivity contribution in [3.8, 4) is 0 Å². The van der Waals surface area contributed by atoms with Crippen molar-refractivity contribution in [1.82, 2.24) is 10.6 Å². The largest absolute Gasteiger partial charge is 0.358 e. The van der Waals surface area contributed by atoms with E-state index in [0.717, 1.165) is 11.5 Å². The van der Waals surface area contributed by atoms with Crippen LogP contribution >= 0.6 is 0 Å². The maximum atomic E-state index is 4.58. The third-order valence-corrected chi connectivity index (χ3v) is 2.53. The molecule has 1 aromatic carbocycles. The van der Waals surface area contributed by atoms with Crippen molar-refractivity contribution in [2.45, 2.75) is 6.04 Å². The van der Waals surface area contributed by atoms with Gasteiger partial charge in [-0.2, -0.15) is 0 Å². The summed E-state index contributed by atoms with van der Waals surface area (Å²) in [6, 6.07) is 10.4. The molecule has 1 atom stereocenters. The summed E-state index contributed by atoms with van der Waals surface area (Å²) in [5, 5.41) is 6.29. The van der Waals surface area contributed by atoms with Crippen LogP contribution in [0.1, 0.15) is 11.6 Å². The van der Waals surface area contributed by atoms with Crippen molar-refractivity contribution in [3.63, 3.8) is 0 Å². The number of hydrogen-bond acceptors (Lipinski definition) is 3. The van der Waals surface area contributed by atoms with Gasteiger partial charge >= 0.3 is 0 Å². The van der Waals surface area contributed by atoms with Crippen LogP contribution in [0.5, 0.6) is 0 Å². The summed E-state index contributed by atoms with van der Waals surface area (Å²) < 4.78 is 0. The molecule has 0 aliphatic carbocycles. The lowest BCUT2D eigenvalue weighted by molar-refractivity contribution is 0.925. The van der Waals surface area contributed by atoms with Gasteiger partial charge in [0.1, 0.15) is 5.84 Å². The number of aliphatic imine (C=N–C) groups is 1. The van der Waals surface area contributed by atoms with Crippen LogP contribution in [-0.2, 0) is 0 Å². The van der Waals surface area contributed by atoms with Gasteiger partial charge in [-0.3, -0.25) is 4.99 Å². The molecule has 3 heteroatoms. The summed E-state index contributed by atoms with van der Waals surface area (Å²) in [5.74, 6) is 0.923. The van der Waals surface area contributed by atoms with E-state index in [-0.39, 0.29) is 6.04 Å². The van der Waals surface area contributed by atoms with Crippen molar-refractivity contribution in [2.75, 3.05) is 0 Å². The van der Waals surface area contributed by atoms with Crippen LogP contribution in [0.25, 0.3) is 0 Å². The molecule has 0 bridgehead atoms. The molecule has 2 heterocycles. The fraction of sp³-hybridized carbons (Fsp3) is 0.0833. The molecule has 0 spiro atoms. The first-order valence-electron chi connectivity index (χ1n) is 4.96. The molecule has 2 N–H and O–H groups in total. The Kier molecular flexibility index (Phi) is 1.81. The fourth-order valence-electron chi connectivity index (χ4n) is 1.79. The Bertz CT molecular complexity index is 433. The lowest BCUT2D eigenvalue weighted by Gasteiger charge is -2.10. The molecule has 2 aliphatic heterocycles. The first-order valence-corrected chi connectivity index (χ1v) is 4.96. The lowest BCUT2D eigenvalue weighted by atomic mass is 10.1. The van der Waals surface area contributed by atoms with Crippen molar-refractivity contribution in [2.24, 2.45) is 4.99 Å². The third kappa shape index (κ3) is 1.42. The Labute approximate surface area is 88.2 Å². The Hall–Kier alpha value is -2.03. The normalized spacial score (nSPS) is 22.3. The van der Waals surface area contributed by atoms with Gasteiger partial charge in [-0.05, 0) is 11.6 Å².